The van der Waals surface area contributed by atoms with E-state index >= 15 is 0 Å². The number of para-hydroxylation sites is 1. The van der Waals surface area contributed by atoms with Gasteiger partial charge in [-0.1, -0.05) is 18.2 Å². The first kappa shape index (κ1) is 14.5. The van der Waals surface area contributed by atoms with E-state index < -0.39 is 0 Å². The van der Waals surface area contributed by atoms with Gasteiger partial charge in [-0.25, -0.2) is 4.79 Å². The van der Waals surface area contributed by atoms with Crippen LogP contribution in [0.15, 0.2) is 68.8 Å². The lowest BCUT2D eigenvalue weighted by Crippen LogP contribution is -1.93. The normalized spacial score (nSPS) is 11.8. The Bertz CT molecular complexity index is 1150. The van der Waals surface area contributed by atoms with E-state index in [9.17, 15) is 4.79 Å². The molecule has 24 heavy (non-hydrogen) atoms. The highest BCUT2D eigenvalue weighted by molar-refractivity contribution is 6.02. The van der Waals surface area contributed by atoms with Crippen molar-refractivity contribution in [2.24, 2.45) is 12.0 Å². The molecule has 0 saturated carbocycles. The maximum absolute atomic E-state index is 11.2. The zero-order chi connectivity index (χ0) is 16.7. The predicted molar refractivity (Wildman–Crippen MR) is 97.4 cm³/mol. The molecule has 2 heterocycles. The van der Waals surface area contributed by atoms with Gasteiger partial charge in [0.15, 0.2) is 0 Å². The molecule has 4 heteroatoms. The molecular formula is C20H16N2O2. The smallest absolute Gasteiger partial charge is 0.336 e. The summed E-state index contributed by atoms with van der Waals surface area (Å²) in [5.41, 5.74) is 4.54. The van der Waals surface area contributed by atoms with Gasteiger partial charge < -0.3 is 8.98 Å². The number of aryl methyl sites for hydroxylation is 1. The fourth-order valence-electron chi connectivity index (χ4n) is 2.99. The second-order valence-corrected chi connectivity index (χ2v) is 5.81. The number of aliphatic imine (C=N–C) groups is 1. The molecule has 0 aliphatic rings. The van der Waals surface area contributed by atoms with Crippen LogP contribution in [0.1, 0.15) is 11.3 Å². The summed E-state index contributed by atoms with van der Waals surface area (Å²) < 4.78 is 7.32. The molecule has 0 bridgehead atoms. The molecule has 0 aliphatic carbocycles. The Labute approximate surface area is 138 Å². The number of nitrogens with zero attached hydrogens (tertiary/aromatic N) is 2. The maximum atomic E-state index is 11.2. The number of hydrogen-bond acceptors (Lipinski definition) is 3. The highest BCUT2D eigenvalue weighted by Gasteiger charge is 2.09. The van der Waals surface area contributed by atoms with Crippen LogP contribution in [0, 0.1) is 6.92 Å². The highest BCUT2D eigenvalue weighted by atomic mass is 16.4. The minimum atomic E-state index is -0.342. The van der Waals surface area contributed by atoms with Gasteiger partial charge >= 0.3 is 5.63 Å². The molecule has 2 aromatic heterocycles. The van der Waals surface area contributed by atoms with Crippen molar-refractivity contribution in [2.45, 2.75) is 6.92 Å². The van der Waals surface area contributed by atoms with E-state index in [2.05, 4.69) is 35.7 Å². The first-order valence-electron chi connectivity index (χ1n) is 7.75. The van der Waals surface area contributed by atoms with Gasteiger partial charge in [-0.05, 0) is 37.3 Å². The third kappa shape index (κ3) is 2.33. The van der Waals surface area contributed by atoms with Gasteiger partial charge in [0.05, 0.1) is 5.69 Å². The van der Waals surface area contributed by atoms with Crippen LogP contribution in [0.3, 0.4) is 0 Å². The summed E-state index contributed by atoms with van der Waals surface area (Å²) in [6.07, 6.45) is 1.90. The fourth-order valence-corrected chi connectivity index (χ4v) is 2.99. The molecule has 4 nitrogen and oxygen atoms in total. The summed E-state index contributed by atoms with van der Waals surface area (Å²) in [6.45, 7) is 2.09. The standard InChI is InChI=1S/C20H16N2O2/c1-13-17(16-5-3-4-6-18(16)22(13)2)12-21-15-8-9-19-14(11-15)7-10-20(23)24-19/h3-12H,1-2H3. The highest BCUT2D eigenvalue weighted by Crippen LogP contribution is 2.25. The van der Waals surface area contributed by atoms with Crippen LogP contribution in [-0.4, -0.2) is 10.8 Å². The van der Waals surface area contributed by atoms with E-state index in [1.165, 1.54) is 22.7 Å². The molecule has 0 N–H and O–H groups in total. The monoisotopic (exact) mass is 316 g/mol. The molecule has 0 amide bonds. The molecule has 0 spiro atoms. The first-order chi connectivity index (χ1) is 11.6. The van der Waals surface area contributed by atoms with Crippen molar-refractivity contribution in [3.63, 3.8) is 0 Å². The Balaban J connectivity index is 1.79. The maximum Gasteiger partial charge on any atom is 0.336 e. The summed E-state index contributed by atoms with van der Waals surface area (Å²) in [6, 6.07) is 17.0. The van der Waals surface area contributed by atoms with E-state index in [0.717, 1.165) is 16.6 Å². The summed E-state index contributed by atoms with van der Waals surface area (Å²) in [7, 11) is 2.06. The Hall–Kier alpha value is -3.14. The van der Waals surface area contributed by atoms with Gasteiger partial charge in [-0.3, -0.25) is 4.99 Å². The molecule has 0 atom stereocenters. The fraction of sp³-hybridized carbons (Fsp3) is 0.100. The average molecular weight is 316 g/mol. The van der Waals surface area contributed by atoms with Crippen LogP contribution in [0.5, 0.6) is 0 Å². The summed E-state index contributed by atoms with van der Waals surface area (Å²) in [5.74, 6) is 0. The molecule has 0 aliphatic heterocycles. The molecule has 118 valence electrons. The second-order valence-electron chi connectivity index (χ2n) is 5.81. The topological polar surface area (TPSA) is 47.5 Å². The van der Waals surface area contributed by atoms with Gasteiger partial charge in [-0.15, -0.1) is 0 Å². The SMILES string of the molecule is Cc1c(C=Nc2ccc3oc(=O)ccc3c2)c2ccccc2n1C. The van der Waals surface area contributed by atoms with Crippen molar-refractivity contribution in [3.8, 4) is 0 Å². The van der Waals surface area contributed by atoms with Gasteiger partial charge in [0.25, 0.3) is 0 Å². The van der Waals surface area contributed by atoms with Gasteiger partial charge in [0.2, 0.25) is 0 Å². The Morgan fingerprint density at radius 2 is 1.92 bits per heavy atom. The van der Waals surface area contributed by atoms with E-state index in [4.69, 9.17) is 4.42 Å². The molecule has 4 aromatic rings. The van der Waals surface area contributed by atoms with E-state index in [1.54, 1.807) is 12.1 Å². The summed E-state index contributed by atoms with van der Waals surface area (Å²) in [4.78, 5) is 15.9. The van der Waals surface area contributed by atoms with Crippen molar-refractivity contribution in [2.75, 3.05) is 0 Å². The summed E-state index contributed by atoms with van der Waals surface area (Å²) in [5, 5.41) is 2.05. The van der Waals surface area contributed by atoms with Gasteiger partial charge in [0.1, 0.15) is 5.58 Å². The zero-order valence-corrected chi connectivity index (χ0v) is 13.5. The third-order valence-electron chi connectivity index (χ3n) is 4.39. The quantitative estimate of drug-likeness (QED) is 0.408. The van der Waals surface area contributed by atoms with Crippen LogP contribution in [0.2, 0.25) is 0 Å². The second kappa shape index (κ2) is 5.49. The van der Waals surface area contributed by atoms with Crippen molar-refractivity contribution < 1.29 is 4.42 Å². The number of rotatable bonds is 2. The lowest BCUT2D eigenvalue weighted by molar-refractivity contribution is 0.561. The largest absolute Gasteiger partial charge is 0.423 e. The summed E-state index contributed by atoms with van der Waals surface area (Å²) >= 11 is 0. The van der Waals surface area contributed by atoms with E-state index in [1.807, 2.05) is 30.5 Å². The van der Waals surface area contributed by atoms with E-state index in [0.29, 0.717) is 5.58 Å². The number of aromatic nitrogens is 1. The van der Waals surface area contributed by atoms with Crippen LogP contribution in [-0.2, 0) is 7.05 Å². The molecular weight excluding hydrogens is 300 g/mol. The number of hydrogen-bond donors (Lipinski definition) is 0. The molecule has 0 unspecified atom stereocenters. The average Bonchev–Trinajstić information content (AvgIpc) is 2.84. The minimum Gasteiger partial charge on any atom is -0.423 e. The van der Waals surface area contributed by atoms with Crippen LogP contribution in [0.25, 0.3) is 21.9 Å². The lowest BCUT2D eigenvalue weighted by atomic mass is 10.1. The Kier molecular flexibility index (Phi) is 3.31. The lowest BCUT2D eigenvalue weighted by Gasteiger charge is -1.99. The molecule has 0 saturated heterocycles. The van der Waals surface area contributed by atoms with Crippen LogP contribution >= 0.6 is 0 Å². The van der Waals surface area contributed by atoms with Gasteiger partial charge in [0, 0.05) is 46.9 Å². The minimum absolute atomic E-state index is 0.342. The van der Waals surface area contributed by atoms with E-state index in [-0.39, 0.29) is 5.63 Å². The Morgan fingerprint density at radius 1 is 1.08 bits per heavy atom. The molecule has 2 aromatic carbocycles. The van der Waals surface area contributed by atoms with Crippen molar-refractivity contribution in [1.29, 1.82) is 0 Å². The molecule has 0 fully saturated rings. The van der Waals surface area contributed by atoms with Crippen LogP contribution < -0.4 is 5.63 Å². The van der Waals surface area contributed by atoms with Crippen molar-refractivity contribution >= 4 is 33.8 Å². The molecule has 4 rings (SSSR count). The zero-order valence-electron chi connectivity index (χ0n) is 13.5. The number of fused-ring (bicyclic) bond motifs is 2. The third-order valence-corrected chi connectivity index (χ3v) is 4.39. The van der Waals surface area contributed by atoms with Crippen LogP contribution in [0.4, 0.5) is 5.69 Å². The molecule has 0 radical (unpaired) electrons. The van der Waals surface area contributed by atoms with Crippen molar-refractivity contribution in [3.05, 3.63) is 76.3 Å². The Morgan fingerprint density at radius 3 is 2.79 bits per heavy atom. The first-order valence-corrected chi connectivity index (χ1v) is 7.75. The van der Waals surface area contributed by atoms with Gasteiger partial charge in [-0.2, -0.15) is 0 Å². The van der Waals surface area contributed by atoms with Crippen molar-refractivity contribution in [1.82, 2.24) is 4.57 Å². The number of benzene rings is 2. The predicted octanol–water partition coefficient (Wildman–Crippen LogP) is 4.34.